The Morgan fingerprint density at radius 3 is 2.83 bits per heavy atom. The lowest BCUT2D eigenvalue weighted by atomic mass is 10.6. The predicted molar refractivity (Wildman–Crippen MR) is 22.7 cm³/mol. The summed E-state index contributed by atoms with van der Waals surface area (Å²) in [6.45, 7) is 2.46. The van der Waals surface area contributed by atoms with Crippen LogP contribution in [0.25, 0.3) is 0 Å². The summed E-state index contributed by atoms with van der Waals surface area (Å²) in [5.74, 6) is 0. The summed E-state index contributed by atoms with van der Waals surface area (Å²) in [5.41, 5.74) is 0. The van der Waals surface area contributed by atoms with Crippen LogP contribution < -0.4 is 5.32 Å². The quantitative estimate of drug-likeness (QED) is 0.433. The Kier molecular flexibility index (Phi) is 0.906. The van der Waals surface area contributed by atoms with Crippen LogP contribution in [-0.2, 0) is 0 Å². The first-order chi connectivity index (χ1) is 3.00. The summed E-state index contributed by atoms with van der Waals surface area (Å²) in [6.07, 6.45) is 5.93. The zero-order valence-corrected chi connectivity index (χ0v) is 3.10. The van der Waals surface area contributed by atoms with Crippen LogP contribution in [0.1, 0.15) is 0 Å². The van der Waals surface area contributed by atoms with Crippen molar-refractivity contribution in [3.05, 3.63) is 18.9 Å². The Morgan fingerprint density at radius 1 is 1.67 bits per heavy atom. The van der Waals surface area contributed by atoms with Crippen LogP contribution >= 0.6 is 0 Å². The molecule has 0 saturated carbocycles. The van der Waals surface area contributed by atoms with Crippen molar-refractivity contribution in [3.63, 3.8) is 0 Å². The van der Waals surface area contributed by atoms with Crippen molar-refractivity contribution in [3.8, 4) is 0 Å². The Bertz CT molecular complexity index is 71.5. The highest BCUT2D eigenvalue weighted by Gasteiger charge is 1.78. The molecule has 1 aliphatic heterocycles. The molecule has 0 aromatic heterocycles. The van der Waals surface area contributed by atoms with E-state index in [-0.39, 0.29) is 0 Å². The molecule has 0 aromatic rings. The maximum atomic E-state index is 3.57. The van der Waals surface area contributed by atoms with Gasteiger partial charge in [0.2, 0.25) is 6.67 Å². The largest absolute Gasteiger partial charge is 0.352 e. The van der Waals surface area contributed by atoms with E-state index in [4.69, 9.17) is 0 Å². The number of hydrogen-bond acceptors (Lipinski definition) is 2. The molecule has 1 heterocycles. The molecular weight excluding hydrogens is 76.1 g/mol. The molecule has 29 valence electrons. The molecule has 0 aromatic carbocycles. The summed E-state index contributed by atoms with van der Waals surface area (Å²) in [4.78, 5) is 3.57. The molecule has 6 heavy (non-hydrogen) atoms. The first kappa shape index (κ1) is 3.40. The summed E-state index contributed by atoms with van der Waals surface area (Å²) in [7, 11) is 0. The third-order valence-corrected chi connectivity index (χ3v) is 0.425. The molecule has 1 N–H and O–H groups in total. The molecule has 0 unspecified atom stereocenters. The van der Waals surface area contributed by atoms with E-state index in [0.29, 0.717) is 0 Å². The fourth-order valence-electron chi connectivity index (χ4n) is 0.218. The second kappa shape index (κ2) is 1.60. The highest BCUT2D eigenvalue weighted by atomic mass is 15.0. The van der Waals surface area contributed by atoms with Crippen molar-refractivity contribution < 1.29 is 0 Å². The smallest absolute Gasteiger partial charge is 0.226 e. The molecule has 0 aliphatic carbocycles. The van der Waals surface area contributed by atoms with Gasteiger partial charge in [-0.15, -0.1) is 0 Å². The molecule has 0 atom stereocenters. The van der Waals surface area contributed by atoms with E-state index in [0.717, 1.165) is 0 Å². The second-order valence-electron chi connectivity index (χ2n) is 0.826. The van der Waals surface area contributed by atoms with Crippen LogP contribution in [0, 0.1) is 12.9 Å². The molecule has 1 rings (SSSR count). The third-order valence-electron chi connectivity index (χ3n) is 0.425. The van der Waals surface area contributed by atoms with Crippen LogP contribution in [0.5, 0.6) is 0 Å². The van der Waals surface area contributed by atoms with Crippen LogP contribution in [0.15, 0.2) is 11.1 Å². The van der Waals surface area contributed by atoms with E-state index in [1.807, 2.05) is 0 Å². The molecular formula is C4H3N2. The summed E-state index contributed by atoms with van der Waals surface area (Å²) < 4.78 is 0. The first-order valence-corrected chi connectivity index (χ1v) is 1.60. The van der Waals surface area contributed by atoms with Gasteiger partial charge in [0.05, 0.1) is 6.20 Å². The topological polar surface area (TPSA) is 24.4 Å². The minimum absolute atomic E-state index is 1.61. The van der Waals surface area contributed by atoms with Crippen LogP contribution in [0.2, 0.25) is 0 Å². The van der Waals surface area contributed by atoms with Gasteiger partial charge < -0.3 is 5.32 Å². The van der Waals surface area contributed by atoms with Crippen molar-refractivity contribution in [2.45, 2.75) is 0 Å². The molecule has 2 heteroatoms. The molecule has 0 bridgehead atoms. The third kappa shape index (κ3) is 0.578. The lowest BCUT2D eigenvalue weighted by Crippen LogP contribution is -2.01. The van der Waals surface area contributed by atoms with Gasteiger partial charge in [0.15, 0.2) is 0 Å². The zero-order chi connectivity index (χ0) is 4.24. The molecule has 0 saturated heterocycles. The van der Waals surface area contributed by atoms with Crippen LogP contribution in [0.4, 0.5) is 0 Å². The molecule has 0 amide bonds. The van der Waals surface area contributed by atoms with Gasteiger partial charge in [0.1, 0.15) is 0 Å². The average Bonchev–Trinajstić information content (AvgIpc) is 1.72. The second-order valence-corrected chi connectivity index (χ2v) is 0.826. The lowest BCUT2D eigenvalue weighted by molar-refractivity contribution is 0.985. The number of allylic oxidation sites excluding steroid dienone is 1. The normalized spacial score (nSPS) is 17.3. The van der Waals surface area contributed by atoms with Gasteiger partial charge in [-0.05, 0) is 6.08 Å². The minimum Gasteiger partial charge on any atom is -0.352 e. The van der Waals surface area contributed by atoms with E-state index in [1.165, 1.54) is 0 Å². The highest BCUT2D eigenvalue weighted by molar-refractivity contribution is 5.71. The zero-order valence-electron chi connectivity index (χ0n) is 3.10. The molecule has 0 spiro atoms. The number of aliphatic imine (C=N–C) groups is 1. The van der Waals surface area contributed by atoms with Crippen LogP contribution in [0.3, 0.4) is 0 Å². The van der Waals surface area contributed by atoms with Crippen molar-refractivity contribution >= 4 is 6.21 Å². The molecule has 3 radical (unpaired) electrons. The van der Waals surface area contributed by atoms with Crippen molar-refractivity contribution in [1.29, 1.82) is 0 Å². The van der Waals surface area contributed by atoms with Gasteiger partial charge in [-0.2, -0.15) is 0 Å². The SMILES string of the molecule is [C]1N=CC=[C]N1. The minimum atomic E-state index is 1.61. The van der Waals surface area contributed by atoms with E-state index in [2.05, 4.69) is 23.2 Å². The highest BCUT2D eigenvalue weighted by Crippen LogP contribution is 1.76. The fourth-order valence-corrected chi connectivity index (χ4v) is 0.218. The van der Waals surface area contributed by atoms with Gasteiger partial charge in [0, 0.05) is 6.21 Å². The van der Waals surface area contributed by atoms with E-state index in [9.17, 15) is 0 Å². The fraction of sp³-hybridized carbons (Fsp3) is 0. The Labute approximate surface area is 36.6 Å². The number of nitrogens with one attached hydrogen (secondary N) is 1. The van der Waals surface area contributed by atoms with Gasteiger partial charge >= 0.3 is 0 Å². The monoisotopic (exact) mass is 79.0 g/mol. The number of rotatable bonds is 0. The van der Waals surface area contributed by atoms with Crippen molar-refractivity contribution in [2.24, 2.45) is 4.99 Å². The summed E-state index contributed by atoms with van der Waals surface area (Å²) in [6, 6.07) is 0. The lowest BCUT2D eigenvalue weighted by Gasteiger charge is -1.90. The van der Waals surface area contributed by atoms with Gasteiger partial charge in [0.25, 0.3) is 0 Å². The Balaban J connectivity index is 2.46. The standard InChI is InChI=1S/C4H3N2/c1-2-5-4-6-3-1/h1-2,6H. The first-order valence-electron chi connectivity index (χ1n) is 1.60. The Morgan fingerprint density at radius 2 is 2.67 bits per heavy atom. The van der Waals surface area contributed by atoms with E-state index < -0.39 is 0 Å². The van der Waals surface area contributed by atoms with Crippen molar-refractivity contribution in [2.75, 3.05) is 0 Å². The molecule has 2 nitrogen and oxygen atoms in total. The van der Waals surface area contributed by atoms with Gasteiger partial charge in [-0.1, -0.05) is 0 Å². The number of nitrogens with zero attached hydrogens (tertiary/aromatic N) is 1. The van der Waals surface area contributed by atoms with E-state index >= 15 is 0 Å². The predicted octanol–water partition coefficient (Wildman–Crippen LogP) is -0.0264. The molecule has 0 fully saturated rings. The average molecular weight is 79.1 g/mol. The maximum Gasteiger partial charge on any atom is 0.226 e. The summed E-state index contributed by atoms with van der Waals surface area (Å²) in [5, 5.41) is 2.53. The number of hydrogen-bond donors (Lipinski definition) is 1. The maximum absolute atomic E-state index is 3.57. The van der Waals surface area contributed by atoms with Gasteiger partial charge in [-0.3, -0.25) is 4.99 Å². The van der Waals surface area contributed by atoms with Gasteiger partial charge in [-0.25, -0.2) is 0 Å². The van der Waals surface area contributed by atoms with Crippen molar-refractivity contribution in [1.82, 2.24) is 5.32 Å². The molecule has 1 aliphatic rings. The van der Waals surface area contributed by atoms with Crippen LogP contribution in [-0.4, -0.2) is 6.21 Å². The Hall–Kier alpha value is -0.790. The summed E-state index contributed by atoms with van der Waals surface area (Å²) >= 11 is 0. The van der Waals surface area contributed by atoms with E-state index in [1.54, 1.807) is 12.3 Å².